The van der Waals surface area contributed by atoms with E-state index >= 15 is 0 Å². The summed E-state index contributed by atoms with van der Waals surface area (Å²) in [6.45, 7) is 0.348. The van der Waals surface area contributed by atoms with Crippen LogP contribution in [0.2, 0.25) is 0 Å². The molecule has 3 aromatic carbocycles. The lowest BCUT2D eigenvalue weighted by Gasteiger charge is -2.14. The van der Waals surface area contributed by atoms with E-state index in [4.69, 9.17) is 0 Å². The summed E-state index contributed by atoms with van der Waals surface area (Å²) in [6.07, 6.45) is -4.54. The summed E-state index contributed by atoms with van der Waals surface area (Å²) < 4.78 is 53.4. The Balaban J connectivity index is 1.64. The second-order valence-electron chi connectivity index (χ2n) is 8.05. The molecule has 1 aromatic heterocycles. The van der Waals surface area contributed by atoms with Crippen molar-refractivity contribution in [3.8, 4) is 0 Å². The van der Waals surface area contributed by atoms with Crippen LogP contribution >= 0.6 is 0 Å². The molecule has 0 radical (unpaired) electrons. The minimum atomic E-state index is -4.54. The van der Waals surface area contributed by atoms with Crippen molar-refractivity contribution in [2.24, 2.45) is 0 Å². The third-order valence-corrected chi connectivity index (χ3v) is 5.53. The van der Waals surface area contributed by atoms with Gasteiger partial charge in [-0.1, -0.05) is 42.5 Å². The summed E-state index contributed by atoms with van der Waals surface area (Å²) in [7, 11) is 0. The number of halogens is 4. The lowest BCUT2D eigenvalue weighted by atomic mass is 10.1. The minimum Gasteiger partial charge on any atom is -0.343 e. The van der Waals surface area contributed by atoms with Gasteiger partial charge in [0, 0.05) is 27.7 Å². The lowest BCUT2D eigenvalue weighted by molar-refractivity contribution is -0.123. The van der Waals surface area contributed by atoms with Crippen LogP contribution < -0.4 is 10.6 Å². The van der Waals surface area contributed by atoms with Gasteiger partial charge in [0.25, 0.3) is 11.8 Å². The predicted octanol–water partition coefficient (Wildman–Crippen LogP) is 5.68. The van der Waals surface area contributed by atoms with Gasteiger partial charge in [-0.3, -0.25) is 9.59 Å². The molecule has 1 heterocycles. The molecule has 5 nitrogen and oxygen atoms in total. The third-order valence-electron chi connectivity index (χ3n) is 5.53. The number of benzene rings is 3. The molecule has 4 rings (SSSR count). The Morgan fingerprint density at radius 2 is 1.63 bits per heavy atom. The van der Waals surface area contributed by atoms with Crippen molar-refractivity contribution in [1.29, 1.82) is 0 Å². The number of carbonyl (C=O) groups excluding carboxylic acids is 2. The quantitative estimate of drug-likeness (QED) is 0.347. The van der Waals surface area contributed by atoms with E-state index in [-0.39, 0.29) is 23.5 Å². The van der Waals surface area contributed by atoms with Crippen molar-refractivity contribution < 1.29 is 27.2 Å². The number of amides is 2. The average Bonchev–Trinajstić information content (AvgIpc) is 3.18. The first-order valence-electron chi connectivity index (χ1n) is 10.7. The van der Waals surface area contributed by atoms with E-state index in [1.54, 1.807) is 35.8 Å². The SMILES string of the molecule is Cc1ccc(C(=O)NCC(F)(F)F)cc1NC(=O)c1cc2ccccc2n1Cc1ccccc1F. The molecule has 2 amide bonds. The molecule has 0 aliphatic rings. The van der Waals surface area contributed by atoms with Crippen molar-refractivity contribution in [2.75, 3.05) is 11.9 Å². The molecule has 0 aliphatic heterocycles. The number of nitrogens with zero attached hydrogens (tertiary/aromatic N) is 1. The number of nitrogens with one attached hydrogen (secondary N) is 2. The minimum absolute atomic E-state index is 0.0259. The Labute approximate surface area is 198 Å². The molecule has 2 N–H and O–H groups in total. The highest BCUT2D eigenvalue weighted by atomic mass is 19.4. The number of para-hydroxylation sites is 1. The molecule has 0 saturated carbocycles. The molecular formula is C26H21F4N3O2. The summed E-state index contributed by atoms with van der Waals surface area (Å²) in [4.78, 5) is 25.4. The highest BCUT2D eigenvalue weighted by Gasteiger charge is 2.28. The highest BCUT2D eigenvalue weighted by Crippen LogP contribution is 2.24. The van der Waals surface area contributed by atoms with E-state index in [9.17, 15) is 27.2 Å². The number of aromatic nitrogens is 1. The molecular weight excluding hydrogens is 462 g/mol. The van der Waals surface area contributed by atoms with Gasteiger partial charge in [0.1, 0.15) is 18.1 Å². The Bertz CT molecular complexity index is 1410. The summed E-state index contributed by atoms with van der Waals surface area (Å²) in [6, 6.07) is 19.5. The number of carbonyl (C=O) groups is 2. The lowest BCUT2D eigenvalue weighted by Crippen LogP contribution is -2.33. The van der Waals surface area contributed by atoms with Crippen LogP contribution in [0, 0.1) is 12.7 Å². The summed E-state index contributed by atoms with van der Waals surface area (Å²) >= 11 is 0. The molecule has 35 heavy (non-hydrogen) atoms. The molecule has 4 aromatic rings. The van der Waals surface area contributed by atoms with Gasteiger partial charge in [-0.2, -0.15) is 13.2 Å². The van der Waals surface area contributed by atoms with Gasteiger partial charge in [0.05, 0.1) is 6.54 Å². The zero-order valence-electron chi connectivity index (χ0n) is 18.6. The van der Waals surface area contributed by atoms with E-state index in [2.05, 4.69) is 5.32 Å². The Hall–Kier alpha value is -4.14. The van der Waals surface area contributed by atoms with Crippen LogP contribution in [-0.4, -0.2) is 29.1 Å². The maximum Gasteiger partial charge on any atom is 0.405 e. The van der Waals surface area contributed by atoms with Gasteiger partial charge in [0.2, 0.25) is 0 Å². The second kappa shape index (κ2) is 9.61. The number of hydrogen-bond acceptors (Lipinski definition) is 2. The summed E-state index contributed by atoms with van der Waals surface area (Å²) in [5.41, 5.74) is 2.27. The molecule has 0 bridgehead atoms. The van der Waals surface area contributed by atoms with E-state index in [0.717, 1.165) is 10.9 Å². The first-order chi connectivity index (χ1) is 16.6. The fourth-order valence-electron chi connectivity index (χ4n) is 3.73. The van der Waals surface area contributed by atoms with Crippen LogP contribution in [0.4, 0.5) is 23.2 Å². The van der Waals surface area contributed by atoms with Crippen molar-refractivity contribution >= 4 is 28.4 Å². The maximum atomic E-state index is 14.3. The number of anilines is 1. The molecule has 0 unspecified atom stereocenters. The summed E-state index contributed by atoms with van der Waals surface area (Å²) in [5.74, 6) is -1.81. The number of aryl methyl sites for hydroxylation is 1. The van der Waals surface area contributed by atoms with E-state index in [1.807, 2.05) is 29.6 Å². The molecule has 180 valence electrons. The van der Waals surface area contributed by atoms with Gasteiger partial charge < -0.3 is 15.2 Å². The Morgan fingerprint density at radius 3 is 2.37 bits per heavy atom. The fraction of sp³-hybridized carbons (Fsp3) is 0.154. The van der Waals surface area contributed by atoms with E-state index < -0.39 is 30.4 Å². The summed E-state index contributed by atoms with van der Waals surface area (Å²) in [5, 5.41) is 5.34. The first kappa shape index (κ1) is 24.0. The molecule has 0 spiro atoms. The van der Waals surface area contributed by atoms with Crippen LogP contribution in [0.3, 0.4) is 0 Å². The molecule has 0 fully saturated rings. The van der Waals surface area contributed by atoms with Crippen molar-refractivity contribution in [2.45, 2.75) is 19.6 Å². The molecule has 0 atom stereocenters. The smallest absolute Gasteiger partial charge is 0.343 e. The predicted molar refractivity (Wildman–Crippen MR) is 125 cm³/mol. The molecule has 0 saturated heterocycles. The molecule has 9 heteroatoms. The van der Waals surface area contributed by atoms with Crippen LogP contribution in [0.1, 0.15) is 32.0 Å². The number of fused-ring (bicyclic) bond motifs is 1. The number of rotatable bonds is 6. The van der Waals surface area contributed by atoms with Gasteiger partial charge in [-0.15, -0.1) is 0 Å². The van der Waals surface area contributed by atoms with E-state index in [0.29, 0.717) is 11.1 Å². The topological polar surface area (TPSA) is 63.1 Å². The number of alkyl halides is 3. The Morgan fingerprint density at radius 1 is 0.914 bits per heavy atom. The highest BCUT2D eigenvalue weighted by molar-refractivity contribution is 6.07. The second-order valence-corrected chi connectivity index (χ2v) is 8.05. The van der Waals surface area contributed by atoms with Crippen LogP contribution in [0.25, 0.3) is 10.9 Å². The average molecular weight is 483 g/mol. The van der Waals surface area contributed by atoms with Crippen molar-refractivity contribution in [3.63, 3.8) is 0 Å². The van der Waals surface area contributed by atoms with Crippen LogP contribution in [0.5, 0.6) is 0 Å². The third kappa shape index (κ3) is 5.51. The van der Waals surface area contributed by atoms with Gasteiger partial charge in [-0.25, -0.2) is 4.39 Å². The monoisotopic (exact) mass is 483 g/mol. The van der Waals surface area contributed by atoms with Crippen molar-refractivity contribution in [1.82, 2.24) is 9.88 Å². The van der Waals surface area contributed by atoms with Gasteiger partial charge in [-0.05, 0) is 42.8 Å². The fourth-order valence-corrected chi connectivity index (χ4v) is 3.73. The first-order valence-corrected chi connectivity index (χ1v) is 10.7. The normalized spacial score (nSPS) is 11.5. The van der Waals surface area contributed by atoms with Gasteiger partial charge >= 0.3 is 6.18 Å². The van der Waals surface area contributed by atoms with Gasteiger partial charge in [0.15, 0.2) is 0 Å². The van der Waals surface area contributed by atoms with Crippen LogP contribution in [-0.2, 0) is 6.54 Å². The standard InChI is InChI=1S/C26H21F4N3O2/c1-16-10-11-18(24(34)31-15-26(28,29)30)12-21(16)32-25(35)23-13-17-6-3-5-9-22(17)33(23)14-19-7-2-4-8-20(19)27/h2-13H,14-15H2,1H3,(H,31,34)(H,32,35). The van der Waals surface area contributed by atoms with E-state index in [1.165, 1.54) is 24.3 Å². The van der Waals surface area contributed by atoms with Crippen molar-refractivity contribution in [3.05, 3.63) is 101 Å². The Kier molecular flexibility index (Phi) is 6.59. The maximum absolute atomic E-state index is 14.3. The zero-order chi connectivity index (χ0) is 25.2. The zero-order valence-corrected chi connectivity index (χ0v) is 18.6. The number of hydrogen-bond donors (Lipinski definition) is 2. The largest absolute Gasteiger partial charge is 0.405 e. The van der Waals surface area contributed by atoms with Crippen LogP contribution in [0.15, 0.2) is 72.8 Å². The molecule has 0 aliphatic carbocycles.